The van der Waals surface area contributed by atoms with E-state index in [1.165, 1.54) is 5.56 Å². The molecule has 92 valence electrons. The molecule has 0 aliphatic rings. The Bertz CT molecular complexity index is 364. The van der Waals surface area contributed by atoms with Gasteiger partial charge in [0, 0.05) is 6.04 Å². The second kappa shape index (κ2) is 6.98. The van der Waals surface area contributed by atoms with Crippen LogP contribution in [0, 0.1) is 19.3 Å². The lowest BCUT2D eigenvalue weighted by Gasteiger charge is -2.18. The van der Waals surface area contributed by atoms with Gasteiger partial charge in [0.1, 0.15) is 12.4 Å². The third-order valence-electron chi connectivity index (χ3n) is 2.62. The average Bonchev–Trinajstić information content (AvgIpc) is 2.35. The van der Waals surface area contributed by atoms with Gasteiger partial charge in [0.25, 0.3) is 0 Å². The molecule has 0 radical (unpaired) electrons. The zero-order valence-electron chi connectivity index (χ0n) is 10.9. The largest absolute Gasteiger partial charge is 0.492 e. The Labute approximate surface area is 104 Å². The van der Waals surface area contributed by atoms with E-state index >= 15 is 0 Å². The topological polar surface area (TPSA) is 21.3 Å². The number of rotatable bonds is 6. The van der Waals surface area contributed by atoms with E-state index in [1.807, 2.05) is 24.3 Å². The number of nitrogens with one attached hydrogen (secondary N) is 1. The molecule has 1 aromatic carbocycles. The van der Waals surface area contributed by atoms with Crippen LogP contribution in [-0.4, -0.2) is 18.7 Å². The fourth-order valence-electron chi connectivity index (χ4n) is 1.53. The zero-order valence-corrected chi connectivity index (χ0v) is 10.9. The summed E-state index contributed by atoms with van der Waals surface area (Å²) in [6.45, 7) is 6.84. The molecule has 1 aromatic rings. The minimum absolute atomic E-state index is 0.131. The van der Waals surface area contributed by atoms with Gasteiger partial charge >= 0.3 is 0 Å². The number of aryl methyl sites for hydroxylation is 1. The maximum atomic E-state index is 5.68. The number of hydrogen-bond acceptors (Lipinski definition) is 2. The van der Waals surface area contributed by atoms with Crippen molar-refractivity contribution in [2.45, 2.75) is 39.3 Å². The maximum Gasteiger partial charge on any atom is 0.119 e. The Morgan fingerprint density at radius 1 is 1.35 bits per heavy atom. The molecular weight excluding hydrogens is 210 g/mol. The van der Waals surface area contributed by atoms with E-state index in [2.05, 4.69) is 32.0 Å². The third-order valence-corrected chi connectivity index (χ3v) is 2.62. The van der Waals surface area contributed by atoms with Crippen LogP contribution in [0.3, 0.4) is 0 Å². The molecule has 0 saturated heterocycles. The van der Waals surface area contributed by atoms with Crippen molar-refractivity contribution in [1.29, 1.82) is 0 Å². The number of hydrogen-bond donors (Lipinski definition) is 1. The Hall–Kier alpha value is -1.46. The highest BCUT2D eigenvalue weighted by Gasteiger charge is 2.07. The normalized spacial score (nSPS) is 13.8. The first-order valence-electron chi connectivity index (χ1n) is 6.07. The van der Waals surface area contributed by atoms with E-state index in [-0.39, 0.29) is 12.1 Å². The van der Waals surface area contributed by atoms with Crippen molar-refractivity contribution in [3.05, 3.63) is 29.8 Å². The van der Waals surface area contributed by atoms with Crippen LogP contribution in [0.15, 0.2) is 24.3 Å². The smallest absolute Gasteiger partial charge is 0.119 e. The zero-order chi connectivity index (χ0) is 12.7. The van der Waals surface area contributed by atoms with Crippen molar-refractivity contribution in [3.8, 4) is 18.1 Å². The van der Waals surface area contributed by atoms with E-state index < -0.39 is 0 Å². The summed E-state index contributed by atoms with van der Waals surface area (Å²) in [5.41, 5.74) is 1.24. The molecule has 2 nitrogen and oxygen atoms in total. The molecule has 0 aromatic heterocycles. The molecule has 0 fully saturated rings. The lowest BCUT2D eigenvalue weighted by molar-refractivity contribution is 0.267. The molecule has 0 spiro atoms. The van der Waals surface area contributed by atoms with Crippen molar-refractivity contribution in [2.75, 3.05) is 6.61 Å². The van der Waals surface area contributed by atoms with Crippen LogP contribution in [0.5, 0.6) is 5.75 Å². The van der Waals surface area contributed by atoms with Gasteiger partial charge in [-0.25, -0.2) is 0 Å². The molecule has 0 aliphatic heterocycles. The van der Waals surface area contributed by atoms with Gasteiger partial charge in [0.05, 0.1) is 6.04 Å². The molecule has 0 heterocycles. The van der Waals surface area contributed by atoms with Crippen LogP contribution in [0.2, 0.25) is 0 Å². The molecule has 2 heteroatoms. The van der Waals surface area contributed by atoms with E-state index in [9.17, 15) is 0 Å². The molecule has 1 N–H and O–H groups in total. The van der Waals surface area contributed by atoms with E-state index in [0.29, 0.717) is 6.61 Å². The molecule has 0 amide bonds. The molecule has 2 unspecified atom stereocenters. The number of benzene rings is 1. The predicted molar refractivity (Wildman–Crippen MR) is 72.2 cm³/mol. The Morgan fingerprint density at radius 3 is 2.53 bits per heavy atom. The first-order valence-corrected chi connectivity index (χ1v) is 6.07. The number of terminal acetylenes is 1. The van der Waals surface area contributed by atoms with Crippen molar-refractivity contribution < 1.29 is 4.74 Å². The molecule has 0 saturated carbocycles. The van der Waals surface area contributed by atoms with Crippen LogP contribution in [0.25, 0.3) is 0 Å². The minimum atomic E-state index is 0.131. The molecular formula is C15H21NO. The van der Waals surface area contributed by atoms with Gasteiger partial charge in [-0.05, 0) is 32.4 Å². The molecule has 0 aliphatic carbocycles. The van der Waals surface area contributed by atoms with Crippen LogP contribution in [-0.2, 0) is 0 Å². The summed E-state index contributed by atoms with van der Waals surface area (Å²) in [6, 6.07) is 8.44. The monoisotopic (exact) mass is 231 g/mol. The van der Waals surface area contributed by atoms with Crippen LogP contribution >= 0.6 is 0 Å². The van der Waals surface area contributed by atoms with Crippen molar-refractivity contribution in [2.24, 2.45) is 0 Å². The highest BCUT2D eigenvalue weighted by Crippen LogP contribution is 2.11. The van der Waals surface area contributed by atoms with Crippen LogP contribution in [0.4, 0.5) is 0 Å². The van der Waals surface area contributed by atoms with Gasteiger partial charge in [-0.2, -0.15) is 0 Å². The summed E-state index contributed by atoms with van der Waals surface area (Å²) in [4.78, 5) is 0. The summed E-state index contributed by atoms with van der Waals surface area (Å²) in [6.07, 6.45) is 6.34. The molecule has 0 bridgehead atoms. The van der Waals surface area contributed by atoms with Gasteiger partial charge in [-0.15, -0.1) is 6.42 Å². The summed E-state index contributed by atoms with van der Waals surface area (Å²) >= 11 is 0. The quantitative estimate of drug-likeness (QED) is 0.760. The third kappa shape index (κ3) is 4.93. The summed E-state index contributed by atoms with van der Waals surface area (Å²) in [5, 5.41) is 3.34. The van der Waals surface area contributed by atoms with E-state index in [0.717, 1.165) is 12.2 Å². The summed E-state index contributed by atoms with van der Waals surface area (Å²) in [5.74, 6) is 3.62. The van der Waals surface area contributed by atoms with Crippen LogP contribution in [0.1, 0.15) is 25.8 Å². The standard InChI is InChI=1S/C15H21NO/c1-5-14(6-2)16-13(4)11-17-15-9-7-12(3)8-10-15/h1,7-10,13-14,16H,6,11H2,2-4H3. The van der Waals surface area contributed by atoms with Crippen LogP contribution < -0.4 is 10.1 Å². The average molecular weight is 231 g/mol. The van der Waals surface area contributed by atoms with Gasteiger partial charge in [0.2, 0.25) is 0 Å². The minimum Gasteiger partial charge on any atom is -0.492 e. The first kappa shape index (κ1) is 13.6. The van der Waals surface area contributed by atoms with Gasteiger partial charge < -0.3 is 4.74 Å². The summed E-state index contributed by atoms with van der Waals surface area (Å²) in [7, 11) is 0. The molecule has 17 heavy (non-hydrogen) atoms. The van der Waals surface area contributed by atoms with Crippen molar-refractivity contribution >= 4 is 0 Å². The highest BCUT2D eigenvalue weighted by atomic mass is 16.5. The molecule has 1 rings (SSSR count). The fraction of sp³-hybridized carbons (Fsp3) is 0.467. The first-order chi connectivity index (χ1) is 8.15. The van der Waals surface area contributed by atoms with Gasteiger partial charge in [-0.3, -0.25) is 5.32 Å². The van der Waals surface area contributed by atoms with Crippen molar-refractivity contribution in [3.63, 3.8) is 0 Å². The Kier molecular flexibility index (Phi) is 5.59. The lowest BCUT2D eigenvalue weighted by atomic mass is 10.2. The lowest BCUT2D eigenvalue weighted by Crippen LogP contribution is -2.38. The maximum absolute atomic E-state index is 5.68. The van der Waals surface area contributed by atoms with Gasteiger partial charge in [-0.1, -0.05) is 30.5 Å². The Morgan fingerprint density at radius 2 is 2.00 bits per heavy atom. The SMILES string of the molecule is C#CC(CC)NC(C)COc1ccc(C)cc1. The highest BCUT2D eigenvalue weighted by molar-refractivity contribution is 5.26. The fourth-order valence-corrected chi connectivity index (χ4v) is 1.53. The predicted octanol–water partition coefficient (Wildman–Crippen LogP) is 2.76. The number of ether oxygens (including phenoxy) is 1. The summed E-state index contributed by atoms with van der Waals surface area (Å²) < 4.78 is 5.68. The second-order valence-electron chi connectivity index (χ2n) is 4.32. The Balaban J connectivity index is 2.35. The molecule has 2 atom stereocenters. The van der Waals surface area contributed by atoms with Crippen molar-refractivity contribution in [1.82, 2.24) is 5.32 Å². The second-order valence-corrected chi connectivity index (χ2v) is 4.32. The van der Waals surface area contributed by atoms with Gasteiger partial charge in [0.15, 0.2) is 0 Å². The van der Waals surface area contributed by atoms with E-state index in [4.69, 9.17) is 11.2 Å². The van der Waals surface area contributed by atoms with E-state index in [1.54, 1.807) is 0 Å².